The van der Waals surface area contributed by atoms with Gasteiger partial charge in [0.25, 0.3) is 5.91 Å². The topological polar surface area (TPSA) is 41.1 Å². The fourth-order valence-corrected chi connectivity index (χ4v) is 2.83. The second kappa shape index (κ2) is 5.43. The Bertz CT molecular complexity index is 497. The first kappa shape index (κ1) is 13.4. The predicted molar refractivity (Wildman–Crippen MR) is 77.3 cm³/mol. The molecule has 0 saturated heterocycles. The van der Waals surface area contributed by atoms with E-state index in [1.54, 1.807) is 12.1 Å². The molecule has 0 bridgehead atoms. The normalized spacial score (nSPS) is 18.1. The highest BCUT2D eigenvalue weighted by molar-refractivity contribution is 6.00. The maximum Gasteiger partial charge on any atom is 0.253 e. The lowest BCUT2D eigenvalue weighted by atomic mass is 10.1. The molecule has 1 aromatic rings. The summed E-state index contributed by atoms with van der Waals surface area (Å²) in [5, 5.41) is 6.09. The number of halogens is 1. The first-order valence-corrected chi connectivity index (χ1v) is 7.54. The molecule has 0 aliphatic heterocycles. The van der Waals surface area contributed by atoms with E-state index in [-0.39, 0.29) is 11.7 Å². The smallest absolute Gasteiger partial charge is 0.253 e. The minimum atomic E-state index is -0.367. The van der Waals surface area contributed by atoms with Gasteiger partial charge in [0, 0.05) is 12.6 Å². The van der Waals surface area contributed by atoms with Crippen molar-refractivity contribution >= 4 is 11.6 Å². The van der Waals surface area contributed by atoms with Crippen molar-refractivity contribution < 1.29 is 9.18 Å². The third-order valence-electron chi connectivity index (χ3n) is 4.17. The van der Waals surface area contributed by atoms with Crippen LogP contribution in [0.1, 0.15) is 43.0 Å². The van der Waals surface area contributed by atoms with E-state index in [4.69, 9.17) is 0 Å². The number of hydrogen-bond donors (Lipinski definition) is 2. The van der Waals surface area contributed by atoms with Gasteiger partial charge in [0.15, 0.2) is 0 Å². The highest BCUT2D eigenvalue weighted by atomic mass is 19.1. The molecule has 3 nitrogen and oxygen atoms in total. The Morgan fingerprint density at radius 3 is 2.50 bits per heavy atom. The Labute approximate surface area is 118 Å². The zero-order valence-corrected chi connectivity index (χ0v) is 11.8. The van der Waals surface area contributed by atoms with E-state index in [1.807, 2.05) is 6.92 Å². The Hall–Kier alpha value is -1.58. The number of benzene rings is 1. The average Bonchev–Trinajstić information content (AvgIpc) is 3.29. The molecule has 2 saturated carbocycles. The van der Waals surface area contributed by atoms with Gasteiger partial charge in [0.1, 0.15) is 5.82 Å². The average molecular weight is 276 g/mol. The van der Waals surface area contributed by atoms with Crippen LogP contribution in [0.5, 0.6) is 0 Å². The van der Waals surface area contributed by atoms with Gasteiger partial charge in [0.2, 0.25) is 0 Å². The molecule has 2 fully saturated rings. The first-order valence-electron chi connectivity index (χ1n) is 7.54. The van der Waals surface area contributed by atoms with Crippen molar-refractivity contribution in [3.63, 3.8) is 0 Å². The van der Waals surface area contributed by atoms with Crippen LogP contribution < -0.4 is 10.6 Å². The van der Waals surface area contributed by atoms with Gasteiger partial charge in [-0.05, 0) is 56.6 Å². The zero-order chi connectivity index (χ0) is 14.1. The molecule has 4 heteroatoms. The van der Waals surface area contributed by atoms with E-state index in [2.05, 4.69) is 10.6 Å². The standard InChI is InChI=1S/C16H21FN2O/c1-2-18-15-12(4-3-5-13(15)17)16(20)19-14(10-6-7-10)11-8-9-11/h3-5,10-11,14,18H,2,6-9H2,1H3,(H,19,20). The molecule has 0 atom stereocenters. The molecule has 0 aromatic heterocycles. The van der Waals surface area contributed by atoms with Crippen molar-refractivity contribution in [2.45, 2.75) is 38.6 Å². The predicted octanol–water partition coefficient (Wildman–Crippen LogP) is 3.18. The van der Waals surface area contributed by atoms with E-state index in [9.17, 15) is 9.18 Å². The van der Waals surface area contributed by atoms with Crippen LogP contribution in [-0.2, 0) is 0 Å². The fourth-order valence-electron chi connectivity index (χ4n) is 2.83. The summed E-state index contributed by atoms with van der Waals surface area (Å²) in [6.07, 6.45) is 4.85. The maximum atomic E-state index is 13.8. The molecule has 20 heavy (non-hydrogen) atoms. The van der Waals surface area contributed by atoms with Crippen LogP contribution in [0.4, 0.5) is 10.1 Å². The summed E-state index contributed by atoms with van der Waals surface area (Å²) < 4.78 is 13.8. The van der Waals surface area contributed by atoms with Crippen molar-refractivity contribution in [2.24, 2.45) is 11.8 Å². The molecule has 108 valence electrons. The van der Waals surface area contributed by atoms with E-state index in [0.29, 0.717) is 35.7 Å². The van der Waals surface area contributed by atoms with Crippen LogP contribution in [0.2, 0.25) is 0 Å². The van der Waals surface area contributed by atoms with Crippen molar-refractivity contribution in [1.82, 2.24) is 5.32 Å². The van der Waals surface area contributed by atoms with Gasteiger partial charge in [-0.3, -0.25) is 4.79 Å². The number of amides is 1. The number of anilines is 1. The molecule has 2 aliphatic carbocycles. The van der Waals surface area contributed by atoms with Crippen molar-refractivity contribution in [1.29, 1.82) is 0 Å². The number of nitrogens with one attached hydrogen (secondary N) is 2. The first-order chi connectivity index (χ1) is 9.70. The van der Waals surface area contributed by atoms with Crippen molar-refractivity contribution in [3.05, 3.63) is 29.6 Å². The highest BCUT2D eigenvalue weighted by Crippen LogP contribution is 2.44. The lowest BCUT2D eigenvalue weighted by molar-refractivity contribution is 0.0926. The van der Waals surface area contributed by atoms with E-state index in [1.165, 1.54) is 31.7 Å². The molecule has 1 amide bonds. The second-order valence-electron chi connectivity index (χ2n) is 5.87. The minimum Gasteiger partial charge on any atom is -0.382 e. The lowest BCUT2D eigenvalue weighted by Crippen LogP contribution is -2.38. The van der Waals surface area contributed by atoms with Crippen LogP contribution >= 0.6 is 0 Å². The number of rotatable bonds is 6. The van der Waals surface area contributed by atoms with E-state index < -0.39 is 0 Å². The van der Waals surface area contributed by atoms with E-state index >= 15 is 0 Å². The van der Waals surface area contributed by atoms with Gasteiger partial charge in [0.05, 0.1) is 11.3 Å². The van der Waals surface area contributed by atoms with Crippen molar-refractivity contribution in [2.75, 3.05) is 11.9 Å². The number of carbonyl (C=O) groups is 1. The molecule has 1 aromatic carbocycles. The fraction of sp³-hybridized carbons (Fsp3) is 0.562. The van der Waals surface area contributed by atoms with Crippen LogP contribution in [0.25, 0.3) is 0 Å². The van der Waals surface area contributed by atoms with Gasteiger partial charge in [-0.1, -0.05) is 6.07 Å². The molecule has 0 spiro atoms. The third-order valence-corrected chi connectivity index (χ3v) is 4.17. The molecular weight excluding hydrogens is 255 g/mol. The Balaban J connectivity index is 1.77. The highest BCUT2D eigenvalue weighted by Gasteiger charge is 2.42. The summed E-state index contributed by atoms with van der Waals surface area (Å²) >= 11 is 0. The molecule has 2 aliphatic rings. The van der Waals surface area contributed by atoms with Gasteiger partial charge in [-0.2, -0.15) is 0 Å². The van der Waals surface area contributed by atoms with Gasteiger partial charge in [-0.15, -0.1) is 0 Å². The summed E-state index contributed by atoms with van der Waals surface area (Å²) in [6, 6.07) is 4.95. The number of carbonyl (C=O) groups excluding carboxylic acids is 1. The zero-order valence-electron chi connectivity index (χ0n) is 11.8. The molecular formula is C16H21FN2O. The van der Waals surface area contributed by atoms with Crippen LogP contribution in [0.15, 0.2) is 18.2 Å². The summed E-state index contributed by atoms with van der Waals surface area (Å²) in [4.78, 5) is 12.4. The summed E-state index contributed by atoms with van der Waals surface area (Å²) in [5.74, 6) is 0.767. The van der Waals surface area contributed by atoms with Crippen LogP contribution in [-0.4, -0.2) is 18.5 Å². The SMILES string of the molecule is CCNc1c(F)cccc1C(=O)NC(C1CC1)C1CC1. The molecule has 2 N–H and O–H groups in total. The molecule has 0 unspecified atom stereocenters. The summed E-state index contributed by atoms with van der Waals surface area (Å²) in [6.45, 7) is 2.49. The van der Waals surface area contributed by atoms with Gasteiger partial charge in [-0.25, -0.2) is 4.39 Å². The lowest BCUT2D eigenvalue weighted by Gasteiger charge is -2.19. The summed E-state index contributed by atoms with van der Waals surface area (Å²) in [5.41, 5.74) is 0.732. The number of para-hydroxylation sites is 1. The third kappa shape index (κ3) is 2.79. The monoisotopic (exact) mass is 276 g/mol. The minimum absolute atomic E-state index is 0.149. The summed E-state index contributed by atoms with van der Waals surface area (Å²) in [7, 11) is 0. The molecule has 0 heterocycles. The maximum absolute atomic E-state index is 13.8. The van der Waals surface area contributed by atoms with Gasteiger partial charge >= 0.3 is 0 Å². The van der Waals surface area contributed by atoms with Crippen LogP contribution in [0, 0.1) is 17.7 Å². The van der Waals surface area contributed by atoms with Crippen LogP contribution in [0.3, 0.4) is 0 Å². The Morgan fingerprint density at radius 1 is 1.30 bits per heavy atom. The Kier molecular flexibility index (Phi) is 3.64. The van der Waals surface area contributed by atoms with E-state index in [0.717, 1.165) is 0 Å². The second-order valence-corrected chi connectivity index (χ2v) is 5.87. The largest absolute Gasteiger partial charge is 0.382 e. The quantitative estimate of drug-likeness (QED) is 0.838. The Morgan fingerprint density at radius 2 is 1.95 bits per heavy atom. The van der Waals surface area contributed by atoms with Crippen molar-refractivity contribution in [3.8, 4) is 0 Å². The molecule has 3 rings (SSSR count). The molecule has 0 radical (unpaired) electrons. The number of hydrogen-bond acceptors (Lipinski definition) is 2. The van der Waals surface area contributed by atoms with Gasteiger partial charge < -0.3 is 10.6 Å².